The van der Waals surface area contributed by atoms with Crippen LogP contribution in [-0.4, -0.2) is 38.9 Å². The van der Waals surface area contributed by atoms with Crippen LogP contribution < -0.4 is 16.2 Å². The molecule has 2 aliphatic heterocycles. The summed E-state index contributed by atoms with van der Waals surface area (Å²) in [6.07, 6.45) is 5.91. The maximum atomic E-state index is 4.38. The lowest BCUT2D eigenvalue weighted by molar-refractivity contribution is 0.338. The number of hydrogen-bond acceptors (Lipinski definition) is 6. The van der Waals surface area contributed by atoms with Gasteiger partial charge in [0.25, 0.3) is 0 Å². The molecule has 3 unspecified atom stereocenters. The van der Waals surface area contributed by atoms with E-state index in [0.29, 0.717) is 23.9 Å². The van der Waals surface area contributed by atoms with E-state index in [4.69, 9.17) is 0 Å². The first kappa shape index (κ1) is 16.6. The van der Waals surface area contributed by atoms with Crippen LogP contribution in [0.3, 0.4) is 0 Å². The molecule has 2 aromatic heterocycles. The smallest absolute Gasteiger partial charge is 0.135 e. The third-order valence-electron chi connectivity index (χ3n) is 5.30. The zero-order chi connectivity index (χ0) is 17.2. The Balaban J connectivity index is 1.38. The Morgan fingerprint density at radius 1 is 1.36 bits per heavy atom. The third kappa shape index (κ3) is 3.44. The molecule has 1 saturated heterocycles. The monoisotopic (exact) mass is 341 g/mol. The fraction of sp³-hybridized carbons (Fsp3) is 0.611. The van der Waals surface area contributed by atoms with Crippen molar-refractivity contribution in [3.05, 3.63) is 41.7 Å². The minimum Gasteiger partial charge on any atom is -0.313 e. The van der Waals surface area contributed by atoms with E-state index in [1.54, 1.807) is 0 Å². The predicted octanol–water partition coefficient (Wildman–Crippen LogP) is 1.17. The minimum absolute atomic E-state index is 0.307. The van der Waals surface area contributed by atoms with Crippen molar-refractivity contribution in [2.24, 2.45) is 5.92 Å². The number of nitrogens with one attached hydrogen (secondary N) is 3. The van der Waals surface area contributed by atoms with E-state index in [1.165, 1.54) is 5.56 Å². The fourth-order valence-corrected chi connectivity index (χ4v) is 3.90. The second-order valence-corrected chi connectivity index (χ2v) is 7.43. The van der Waals surface area contributed by atoms with E-state index in [9.17, 15) is 0 Å². The van der Waals surface area contributed by atoms with Crippen molar-refractivity contribution in [2.45, 2.75) is 51.2 Å². The molecule has 4 rings (SSSR count). The van der Waals surface area contributed by atoms with Gasteiger partial charge in [-0.15, -0.1) is 10.2 Å². The van der Waals surface area contributed by atoms with Gasteiger partial charge in [-0.25, -0.2) is 5.43 Å². The van der Waals surface area contributed by atoms with Crippen LogP contribution in [0.25, 0.3) is 0 Å². The SMILES string of the molecule is CC(C)c1nnc2n1CC(NCC1CNNC1c1cccnc1)CC2. The molecular formula is C18H27N7. The van der Waals surface area contributed by atoms with E-state index < -0.39 is 0 Å². The second kappa shape index (κ2) is 7.19. The van der Waals surface area contributed by atoms with Gasteiger partial charge in [0, 0.05) is 56.3 Å². The quantitative estimate of drug-likeness (QED) is 0.757. The van der Waals surface area contributed by atoms with Gasteiger partial charge in [-0.05, 0) is 18.1 Å². The van der Waals surface area contributed by atoms with Crippen LogP contribution in [0.5, 0.6) is 0 Å². The van der Waals surface area contributed by atoms with Crippen LogP contribution in [0, 0.1) is 5.92 Å². The summed E-state index contributed by atoms with van der Waals surface area (Å²) in [5.74, 6) is 3.17. The van der Waals surface area contributed by atoms with Crippen molar-refractivity contribution in [3.63, 3.8) is 0 Å². The molecule has 0 bridgehead atoms. The number of aryl methyl sites for hydroxylation is 1. The molecule has 25 heavy (non-hydrogen) atoms. The fourth-order valence-electron chi connectivity index (χ4n) is 3.90. The molecule has 7 nitrogen and oxygen atoms in total. The summed E-state index contributed by atoms with van der Waals surface area (Å²) in [6, 6.07) is 4.93. The zero-order valence-electron chi connectivity index (χ0n) is 14.9. The van der Waals surface area contributed by atoms with E-state index in [1.807, 2.05) is 18.5 Å². The summed E-state index contributed by atoms with van der Waals surface area (Å²) >= 11 is 0. The topological polar surface area (TPSA) is 79.7 Å². The summed E-state index contributed by atoms with van der Waals surface area (Å²) in [7, 11) is 0. The van der Waals surface area contributed by atoms with Gasteiger partial charge in [-0.3, -0.25) is 10.4 Å². The van der Waals surface area contributed by atoms with Crippen LogP contribution in [0.2, 0.25) is 0 Å². The highest BCUT2D eigenvalue weighted by molar-refractivity contribution is 5.16. The summed E-state index contributed by atoms with van der Waals surface area (Å²) in [6.45, 7) is 7.29. The molecular weight excluding hydrogens is 314 g/mol. The van der Waals surface area contributed by atoms with Crippen LogP contribution in [-0.2, 0) is 13.0 Å². The van der Waals surface area contributed by atoms with Gasteiger partial charge in [0.05, 0.1) is 6.04 Å². The summed E-state index contributed by atoms with van der Waals surface area (Å²) in [4.78, 5) is 4.25. The van der Waals surface area contributed by atoms with Crippen LogP contribution in [0.1, 0.15) is 49.4 Å². The van der Waals surface area contributed by atoms with Crippen LogP contribution in [0.4, 0.5) is 0 Å². The molecule has 0 spiro atoms. The lowest BCUT2D eigenvalue weighted by atomic mass is 9.95. The Kier molecular flexibility index (Phi) is 4.78. The number of rotatable bonds is 5. The Bertz CT molecular complexity index is 697. The molecule has 0 aromatic carbocycles. The van der Waals surface area contributed by atoms with Crippen molar-refractivity contribution >= 4 is 0 Å². The molecule has 3 N–H and O–H groups in total. The Hall–Kier alpha value is -1.83. The van der Waals surface area contributed by atoms with E-state index in [0.717, 1.165) is 44.1 Å². The molecule has 0 amide bonds. The van der Waals surface area contributed by atoms with Gasteiger partial charge in [0.15, 0.2) is 0 Å². The first-order valence-corrected chi connectivity index (χ1v) is 9.26. The zero-order valence-corrected chi connectivity index (χ0v) is 14.9. The average molecular weight is 341 g/mol. The molecule has 2 aliphatic rings. The predicted molar refractivity (Wildman–Crippen MR) is 95.8 cm³/mol. The number of nitrogens with zero attached hydrogens (tertiary/aromatic N) is 4. The molecule has 1 fully saturated rings. The van der Waals surface area contributed by atoms with Gasteiger partial charge < -0.3 is 9.88 Å². The second-order valence-electron chi connectivity index (χ2n) is 7.43. The highest BCUT2D eigenvalue weighted by Gasteiger charge is 2.30. The Morgan fingerprint density at radius 2 is 2.28 bits per heavy atom. The van der Waals surface area contributed by atoms with Gasteiger partial charge in [0.1, 0.15) is 11.6 Å². The number of hydrazine groups is 1. The van der Waals surface area contributed by atoms with Crippen molar-refractivity contribution in [2.75, 3.05) is 13.1 Å². The maximum Gasteiger partial charge on any atom is 0.135 e. The van der Waals surface area contributed by atoms with Crippen LogP contribution in [0.15, 0.2) is 24.5 Å². The van der Waals surface area contributed by atoms with Crippen molar-refractivity contribution in [3.8, 4) is 0 Å². The van der Waals surface area contributed by atoms with Gasteiger partial charge in [-0.2, -0.15) is 0 Å². The van der Waals surface area contributed by atoms with Gasteiger partial charge in [0.2, 0.25) is 0 Å². The van der Waals surface area contributed by atoms with Crippen molar-refractivity contribution in [1.29, 1.82) is 0 Å². The molecule has 7 heteroatoms. The molecule has 4 heterocycles. The highest BCUT2D eigenvalue weighted by atomic mass is 15.4. The van der Waals surface area contributed by atoms with E-state index in [2.05, 4.69) is 55.8 Å². The molecule has 0 saturated carbocycles. The molecule has 0 radical (unpaired) electrons. The summed E-state index contributed by atoms with van der Waals surface area (Å²) in [5, 5.41) is 12.5. The first-order chi connectivity index (χ1) is 12.2. The lowest BCUT2D eigenvalue weighted by Crippen LogP contribution is -2.41. The molecule has 134 valence electrons. The Labute approximate surface area is 148 Å². The van der Waals surface area contributed by atoms with E-state index in [-0.39, 0.29) is 0 Å². The normalized spacial score (nSPS) is 26.1. The van der Waals surface area contributed by atoms with Crippen molar-refractivity contribution in [1.82, 2.24) is 35.9 Å². The standard InChI is InChI=1S/C18H27N7/c1-12(2)18-24-22-16-6-5-15(11-25(16)18)20-9-14-10-21-23-17(14)13-4-3-7-19-8-13/h3-4,7-8,12,14-15,17,20-21,23H,5-6,9-11H2,1-2H3. The minimum atomic E-state index is 0.307. The van der Waals surface area contributed by atoms with Crippen molar-refractivity contribution < 1.29 is 0 Å². The van der Waals surface area contributed by atoms with Crippen LogP contribution >= 0.6 is 0 Å². The number of hydrogen-bond donors (Lipinski definition) is 3. The maximum absolute atomic E-state index is 4.38. The van der Waals surface area contributed by atoms with Gasteiger partial charge in [-0.1, -0.05) is 19.9 Å². The highest BCUT2D eigenvalue weighted by Crippen LogP contribution is 2.25. The number of pyridine rings is 1. The average Bonchev–Trinajstić information content (AvgIpc) is 3.27. The lowest BCUT2D eigenvalue weighted by Gasteiger charge is -2.28. The summed E-state index contributed by atoms with van der Waals surface area (Å²) < 4.78 is 2.32. The molecule has 2 aromatic rings. The molecule has 0 aliphatic carbocycles. The largest absolute Gasteiger partial charge is 0.313 e. The number of aromatic nitrogens is 4. The van der Waals surface area contributed by atoms with Gasteiger partial charge >= 0.3 is 0 Å². The molecule has 3 atom stereocenters. The Morgan fingerprint density at radius 3 is 3.08 bits per heavy atom. The van der Waals surface area contributed by atoms with E-state index >= 15 is 0 Å². The summed E-state index contributed by atoms with van der Waals surface area (Å²) in [5.41, 5.74) is 7.93. The number of fused-ring (bicyclic) bond motifs is 1. The third-order valence-corrected chi connectivity index (χ3v) is 5.30. The first-order valence-electron chi connectivity index (χ1n) is 9.26.